The van der Waals surface area contributed by atoms with Crippen molar-refractivity contribution in [3.63, 3.8) is 0 Å². The first kappa shape index (κ1) is 14.2. The van der Waals surface area contributed by atoms with Crippen LogP contribution in [-0.2, 0) is 0 Å². The van der Waals surface area contributed by atoms with Gasteiger partial charge in [-0.15, -0.1) is 11.3 Å². The van der Waals surface area contributed by atoms with Gasteiger partial charge in [0.2, 0.25) is 0 Å². The standard InChI is InChI=1S/C12H16F2N2O2S/c1-7-5-9(18-12(13)14)10(19-7)11(17)16-6-8-3-2-4-15-8/h5,8,12,15H,2-4,6H2,1H3,(H,16,17). The van der Waals surface area contributed by atoms with Crippen LogP contribution in [0.25, 0.3) is 0 Å². The van der Waals surface area contributed by atoms with Gasteiger partial charge in [-0.2, -0.15) is 8.78 Å². The maximum Gasteiger partial charge on any atom is 0.387 e. The third-order valence-corrected chi connectivity index (χ3v) is 3.95. The van der Waals surface area contributed by atoms with Gasteiger partial charge in [0, 0.05) is 17.5 Å². The second kappa shape index (κ2) is 6.29. The first-order chi connectivity index (χ1) is 9.06. The highest BCUT2D eigenvalue weighted by Gasteiger charge is 2.21. The molecule has 2 heterocycles. The molecular formula is C12H16F2N2O2S. The molecule has 1 aromatic heterocycles. The molecule has 1 amide bonds. The van der Waals surface area contributed by atoms with E-state index in [9.17, 15) is 13.6 Å². The molecule has 4 nitrogen and oxygen atoms in total. The number of aryl methyl sites for hydroxylation is 1. The molecule has 1 unspecified atom stereocenters. The summed E-state index contributed by atoms with van der Waals surface area (Å²) in [6, 6.07) is 1.73. The number of carbonyl (C=O) groups is 1. The lowest BCUT2D eigenvalue weighted by molar-refractivity contribution is -0.0498. The minimum Gasteiger partial charge on any atom is -0.433 e. The zero-order valence-corrected chi connectivity index (χ0v) is 11.4. The van der Waals surface area contributed by atoms with E-state index in [0.29, 0.717) is 6.54 Å². The zero-order chi connectivity index (χ0) is 13.8. The summed E-state index contributed by atoms with van der Waals surface area (Å²) in [4.78, 5) is 12.9. The predicted octanol–water partition coefficient (Wildman–Crippen LogP) is 2.14. The Hall–Kier alpha value is -1.21. The largest absolute Gasteiger partial charge is 0.433 e. The van der Waals surface area contributed by atoms with E-state index in [-0.39, 0.29) is 22.6 Å². The summed E-state index contributed by atoms with van der Waals surface area (Å²) in [6.45, 7) is 0.290. The molecule has 2 N–H and O–H groups in total. The van der Waals surface area contributed by atoms with Crippen LogP contribution < -0.4 is 15.4 Å². The Morgan fingerprint density at radius 3 is 3.11 bits per heavy atom. The number of halogens is 2. The van der Waals surface area contributed by atoms with Gasteiger partial charge >= 0.3 is 6.61 Å². The van der Waals surface area contributed by atoms with Crippen LogP contribution in [0.5, 0.6) is 5.75 Å². The quantitative estimate of drug-likeness (QED) is 0.873. The molecule has 0 aliphatic carbocycles. The molecule has 0 spiro atoms. The Labute approximate surface area is 114 Å². The first-order valence-electron chi connectivity index (χ1n) is 6.13. The number of thiophene rings is 1. The van der Waals surface area contributed by atoms with Crippen molar-refractivity contribution < 1.29 is 18.3 Å². The molecule has 1 saturated heterocycles. The van der Waals surface area contributed by atoms with Gasteiger partial charge in [-0.1, -0.05) is 0 Å². The van der Waals surface area contributed by atoms with Gasteiger partial charge in [-0.25, -0.2) is 0 Å². The summed E-state index contributed by atoms with van der Waals surface area (Å²) in [5.41, 5.74) is 0. The van der Waals surface area contributed by atoms with Crippen LogP contribution in [-0.4, -0.2) is 31.7 Å². The fourth-order valence-corrected chi connectivity index (χ4v) is 2.92. The average molecular weight is 290 g/mol. The van der Waals surface area contributed by atoms with E-state index in [1.165, 1.54) is 6.07 Å². The summed E-state index contributed by atoms with van der Waals surface area (Å²) in [5, 5.41) is 6.00. The summed E-state index contributed by atoms with van der Waals surface area (Å²) < 4.78 is 28.9. The van der Waals surface area contributed by atoms with E-state index in [4.69, 9.17) is 0 Å². The van der Waals surface area contributed by atoms with Gasteiger partial charge in [0.05, 0.1) is 0 Å². The average Bonchev–Trinajstić information content (AvgIpc) is 2.95. The van der Waals surface area contributed by atoms with Crippen molar-refractivity contribution in [2.45, 2.75) is 32.4 Å². The topological polar surface area (TPSA) is 50.4 Å². The fraction of sp³-hybridized carbons (Fsp3) is 0.583. The first-order valence-corrected chi connectivity index (χ1v) is 6.94. The lowest BCUT2D eigenvalue weighted by atomic mass is 10.2. The molecule has 2 rings (SSSR count). The van der Waals surface area contributed by atoms with Crippen LogP contribution >= 0.6 is 11.3 Å². The molecule has 7 heteroatoms. The lowest BCUT2D eigenvalue weighted by Gasteiger charge is -2.11. The fourth-order valence-electron chi connectivity index (χ4n) is 2.06. The van der Waals surface area contributed by atoms with E-state index < -0.39 is 6.61 Å². The maximum atomic E-state index is 12.2. The van der Waals surface area contributed by atoms with Crippen LogP contribution in [0.4, 0.5) is 8.78 Å². The lowest BCUT2D eigenvalue weighted by Crippen LogP contribution is -2.37. The molecule has 0 aromatic carbocycles. The number of carbonyl (C=O) groups excluding carboxylic acids is 1. The Kier molecular flexibility index (Phi) is 4.71. The molecule has 1 fully saturated rings. The molecule has 1 aliphatic rings. The van der Waals surface area contributed by atoms with Crippen LogP contribution in [0.1, 0.15) is 27.4 Å². The number of hydrogen-bond donors (Lipinski definition) is 2. The zero-order valence-electron chi connectivity index (χ0n) is 10.5. The highest BCUT2D eigenvalue weighted by atomic mass is 32.1. The Morgan fingerprint density at radius 2 is 2.47 bits per heavy atom. The molecule has 1 aromatic rings. The van der Waals surface area contributed by atoms with Crippen molar-refractivity contribution in [3.8, 4) is 5.75 Å². The number of amides is 1. The number of rotatable bonds is 5. The van der Waals surface area contributed by atoms with Gasteiger partial charge in [0.15, 0.2) is 0 Å². The van der Waals surface area contributed by atoms with Gasteiger partial charge in [-0.3, -0.25) is 4.79 Å². The third-order valence-electron chi connectivity index (χ3n) is 2.91. The Morgan fingerprint density at radius 1 is 1.68 bits per heavy atom. The normalized spacial score (nSPS) is 18.8. The molecule has 1 atom stereocenters. The summed E-state index contributed by atoms with van der Waals surface area (Å²) in [6.07, 6.45) is 2.11. The van der Waals surface area contributed by atoms with E-state index in [1.54, 1.807) is 6.92 Å². The van der Waals surface area contributed by atoms with Crippen LogP contribution in [0.3, 0.4) is 0 Å². The number of hydrogen-bond acceptors (Lipinski definition) is 4. The van der Waals surface area contributed by atoms with Crippen molar-refractivity contribution in [1.29, 1.82) is 0 Å². The highest BCUT2D eigenvalue weighted by molar-refractivity contribution is 7.14. The van der Waals surface area contributed by atoms with Crippen molar-refractivity contribution in [2.75, 3.05) is 13.1 Å². The molecule has 0 bridgehead atoms. The summed E-state index contributed by atoms with van der Waals surface area (Å²) in [5.74, 6) is -0.406. The van der Waals surface area contributed by atoms with Gasteiger partial charge in [0.25, 0.3) is 5.91 Å². The molecule has 1 aliphatic heterocycles. The smallest absolute Gasteiger partial charge is 0.387 e. The van der Waals surface area contributed by atoms with Crippen LogP contribution in [0.2, 0.25) is 0 Å². The molecule has 106 valence electrons. The van der Waals surface area contributed by atoms with Gasteiger partial charge in [0.1, 0.15) is 10.6 Å². The third kappa shape index (κ3) is 3.87. The highest BCUT2D eigenvalue weighted by Crippen LogP contribution is 2.30. The van der Waals surface area contributed by atoms with Gasteiger partial charge < -0.3 is 15.4 Å². The van der Waals surface area contributed by atoms with E-state index >= 15 is 0 Å². The van der Waals surface area contributed by atoms with Crippen molar-refractivity contribution >= 4 is 17.2 Å². The Balaban J connectivity index is 1.97. The number of nitrogens with one attached hydrogen (secondary N) is 2. The SMILES string of the molecule is Cc1cc(OC(F)F)c(C(=O)NCC2CCCN2)s1. The van der Waals surface area contributed by atoms with E-state index in [0.717, 1.165) is 35.6 Å². The molecule has 0 radical (unpaired) electrons. The molecule has 19 heavy (non-hydrogen) atoms. The van der Waals surface area contributed by atoms with Crippen molar-refractivity contribution in [1.82, 2.24) is 10.6 Å². The second-order valence-electron chi connectivity index (χ2n) is 4.43. The van der Waals surface area contributed by atoms with Crippen molar-refractivity contribution in [3.05, 3.63) is 15.8 Å². The Bertz CT molecular complexity index is 445. The summed E-state index contributed by atoms with van der Waals surface area (Å²) in [7, 11) is 0. The molecular weight excluding hydrogens is 274 g/mol. The monoisotopic (exact) mass is 290 g/mol. The predicted molar refractivity (Wildman–Crippen MR) is 69.0 cm³/mol. The van der Waals surface area contributed by atoms with Crippen LogP contribution in [0.15, 0.2) is 6.07 Å². The van der Waals surface area contributed by atoms with Gasteiger partial charge in [-0.05, 0) is 32.4 Å². The maximum absolute atomic E-state index is 12.2. The van der Waals surface area contributed by atoms with E-state index in [2.05, 4.69) is 15.4 Å². The minimum absolute atomic E-state index is 0.0469. The minimum atomic E-state index is -2.92. The second-order valence-corrected chi connectivity index (χ2v) is 5.69. The number of alkyl halides is 2. The number of ether oxygens (including phenoxy) is 1. The molecule has 0 saturated carbocycles. The van der Waals surface area contributed by atoms with E-state index in [1.807, 2.05) is 0 Å². The van der Waals surface area contributed by atoms with Crippen molar-refractivity contribution in [2.24, 2.45) is 0 Å². The van der Waals surface area contributed by atoms with Crippen LogP contribution in [0, 0.1) is 6.92 Å². The summed E-state index contributed by atoms with van der Waals surface area (Å²) >= 11 is 1.16.